The molecule has 1 heterocycles. The number of unbranched alkanes of at least 4 members (excludes halogenated alkanes) is 2. The summed E-state index contributed by atoms with van der Waals surface area (Å²) < 4.78 is 13.4. The Hall–Kier alpha value is -2.34. The van der Waals surface area contributed by atoms with Crippen LogP contribution >= 0.6 is 11.8 Å². The van der Waals surface area contributed by atoms with Gasteiger partial charge in [0.15, 0.2) is 0 Å². The fourth-order valence-electron chi connectivity index (χ4n) is 3.39. The number of benzene rings is 2. The average molecular weight is 415 g/mol. The highest BCUT2D eigenvalue weighted by atomic mass is 32.2. The highest BCUT2D eigenvalue weighted by molar-refractivity contribution is 7.99. The van der Waals surface area contributed by atoms with E-state index in [1.807, 2.05) is 19.1 Å². The Kier molecular flexibility index (Phi) is 7.31. The summed E-state index contributed by atoms with van der Waals surface area (Å²) in [5, 5.41) is 2.66. The number of hydrogen-bond acceptors (Lipinski definition) is 3. The maximum Gasteiger partial charge on any atom is 0.255 e. The van der Waals surface area contributed by atoms with E-state index < -0.39 is 6.04 Å². The van der Waals surface area contributed by atoms with Crippen molar-refractivity contribution in [3.8, 4) is 0 Å². The van der Waals surface area contributed by atoms with Crippen molar-refractivity contribution in [3.05, 3.63) is 71.0 Å². The number of aryl methyl sites for hydroxylation is 1. The first-order valence-electron chi connectivity index (χ1n) is 10.1. The van der Waals surface area contributed by atoms with Crippen LogP contribution in [0, 0.1) is 12.7 Å². The van der Waals surface area contributed by atoms with Gasteiger partial charge in [0, 0.05) is 17.9 Å². The second-order valence-corrected chi connectivity index (χ2v) is 8.44. The standard InChI is InChI=1S/C23H27FN2O2S/c1-3-4-5-14-25-21(27)20-15-29-23(18-10-12-19(24)13-11-18)26(20)22(28)17-8-6-16(2)7-9-17/h6-13,20,23H,3-5,14-15H2,1-2H3,(H,25,27)/t20-,23-/m0/s1. The normalized spacial score (nSPS) is 18.7. The highest BCUT2D eigenvalue weighted by Crippen LogP contribution is 2.42. The molecule has 1 saturated heterocycles. The number of carbonyl (C=O) groups is 2. The third-order valence-electron chi connectivity index (χ3n) is 5.07. The molecule has 1 fully saturated rings. The molecular formula is C23H27FN2O2S. The molecule has 2 aromatic rings. The molecule has 0 bridgehead atoms. The lowest BCUT2D eigenvalue weighted by Gasteiger charge is -2.29. The van der Waals surface area contributed by atoms with Gasteiger partial charge < -0.3 is 10.2 Å². The summed E-state index contributed by atoms with van der Waals surface area (Å²) in [6.45, 7) is 4.69. The largest absolute Gasteiger partial charge is 0.354 e. The minimum Gasteiger partial charge on any atom is -0.354 e. The van der Waals surface area contributed by atoms with Crippen LogP contribution in [0.1, 0.15) is 53.0 Å². The summed E-state index contributed by atoms with van der Waals surface area (Å²) >= 11 is 1.54. The molecule has 2 atom stereocenters. The first-order chi connectivity index (χ1) is 14.0. The predicted octanol–water partition coefficient (Wildman–Crippen LogP) is 4.70. The Labute approximate surface area is 175 Å². The Bertz CT molecular complexity index is 839. The second-order valence-electron chi connectivity index (χ2n) is 7.33. The van der Waals surface area contributed by atoms with Gasteiger partial charge in [-0.3, -0.25) is 9.59 Å². The summed E-state index contributed by atoms with van der Waals surface area (Å²) in [5.41, 5.74) is 2.43. The molecule has 2 aromatic carbocycles. The van der Waals surface area contributed by atoms with Crippen LogP contribution in [0.25, 0.3) is 0 Å². The van der Waals surface area contributed by atoms with E-state index in [4.69, 9.17) is 0 Å². The van der Waals surface area contributed by atoms with E-state index in [0.717, 1.165) is 30.4 Å². The molecule has 1 aliphatic heterocycles. The lowest BCUT2D eigenvalue weighted by Crippen LogP contribution is -2.48. The van der Waals surface area contributed by atoms with Gasteiger partial charge in [-0.15, -0.1) is 11.8 Å². The average Bonchev–Trinajstić information content (AvgIpc) is 3.17. The van der Waals surface area contributed by atoms with E-state index in [2.05, 4.69) is 12.2 Å². The number of thioether (sulfide) groups is 1. The SMILES string of the molecule is CCCCCNC(=O)[C@@H]1CS[C@@H](c2ccc(F)cc2)N1C(=O)c1ccc(C)cc1. The molecular weight excluding hydrogens is 387 g/mol. The van der Waals surface area contributed by atoms with Crippen molar-refractivity contribution in [2.45, 2.75) is 44.5 Å². The molecule has 0 spiro atoms. The Morgan fingerprint density at radius 3 is 2.45 bits per heavy atom. The van der Waals surface area contributed by atoms with Crippen molar-refractivity contribution in [2.75, 3.05) is 12.3 Å². The molecule has 154 valence electrons. The van der Waals surface area contributed by atoms with Crippen LogP contribution in [-0.2, 0) is 4.79 Å². The topological polar surface area (TPSA) is 49.4 Å². The molecule has 29 heavy (non-hydrogen) atoms. The van der Waals surface area contributed by atoms with Crippen LogP contribution in [0.5, 0.6) is 0 Å². The van der Waals surface area contributed by atoms with Gasteiger partial charge in [0.25, 0.3) is 5.91 Å². The number of rotatable bonds is 7. The van der Waals surface area contributed by atoms with Crippen LogP contribution in [0.3, 0.4) is 0 Å². The van der Waals surface area contributed by atoms with Crippen molar-refractivity contribution < 1.29 is 14.0 Å². The zero-order valence-electron chi connectivity index (χ0n) is 16.9. The lowest BCUT2D eigenvalue weighted by molar-refractivity contribution is -0.124. The number of nitrogens with zero attached hydrogens (tertiary/aromatic N) is 1. The van der Waals surface area contributed by atoms with Crippen LogP contribution in [0.4, 0.5) is 4.39 Å². The van der Waals surface area contributed by atoms with E-state index in [9.17, 15) is 14.0 Å². The van der Waals surface area contributed by atoms with E-state index in [1.165, 1.54) is 23.9 Å². The third kappa shape index (κ3) is 5.18. The number of hydrogen-bond donors (Lipinski definition) is 1. The molecule has 1 N–H and O–H groups in total. The van der Waals surface area contributed by atoms with Crippen molar-refractivity contribution >= 4 is 23.6 Å². The molecule has 2 amide bonds. The van der Waals surface area contributed by atoms with Crippen molar-refractivity contribution in [3.63, 3.8) is 0 Å². The Morgan fingerprint density at radius 1 is 1.10 bits per heavy atom. The highest BCUT2D eigenvalue weighted by Gasteiger charge is 2.42. The van der Waals surface area contributed by atoms with Gasteiger partial charge in [-0.1, -0.05) is 49.6 Å². The lowest BCUT2D eigenvalue weighted by atomic mass is 10.1. The van der Waals surface area contributed by atoms with E-state index in [0.29, 0.717) is 17.9 Å². The van der Waals surface area contributed by atoms with Gasteiger partial charge in [0.1, 0.15) is 17.2 Å². The van der Waals surface area contributed by atoms with Crippen LogP contribution in [0.2, 0.25) is 0 Å². The van der Waals surface area contributed by atoms with Gasteiger partial charge in [-0.2, -0.15) is 0 Å². The molecule has 0 unspecified atom stereocenters. The first kappa shape index (κ1) is 21.4. The van der Waals surface area contributed by atoms with E-state index in [-0.39, 0.29) is 23.0 Å². The summed E-state index contributed by atoms with van der Waals surface area (Å²) in [4.78, 5) is 27.9. The molecule has 3 rings (SSSR count). The zero-order chi connectivity index (χ0) is 20.8. The number of nitrogens with one attached hydrogen (secondary N) is 1. The number of carbonyl (C=O) groups excluding carboxylic acids is 2. The van der Waals surface area contributed by atoms with Gasteiger partial charge in [0.2, 0.25) is 5.91 Å². The summed E-state index contributed by atoms with van der Waals surface area (Å²) in [6, 6.07) is 13.0. The van der Waals surface area contributed by atoms with Crippen molar-refractivity contribution in [1.82, 2.24) is 10.2 Å². The second kappa shape index (κ2) is 9.92. The molecule has 1 aliphatic rings. The fraction of sp³-hybridized carbons (Fsp3) is 0.391. The van der Waals surface area contributed by atoms with Crippen LogP contribution in [0.15, 0.2) is 48.5 Å². The van der Waals surface area contributed by atoms with Crippen molar-refractivity contribution in [2.24, 2.45) is 0 Å². The zero-order valence-corrected chi connectivity index (χ0v) is 17.7. The maximum atomic E-state index is 13.4. The minimum atomic E-state index is -0.550. The molecule has 4 nitrogen and oxygen atoms in total. The monoisotopic (exact) mass is 414 g/mol. The van der Waals surface area contributed by atoms with Gasteiger partial charge in [-0.05, 0) is 43.2 Å². The Morgan fingerprint density at radius 2 is 1.79 bits per heavy atom. The van der Waals surface area contributed by atoms with E-state index >= 15 is 0 Å². The first-order valence-corrected chi connectivity index (χ1v) is 11.1. The maximum absolute atomic E-state index is 13.4. The summed E-state index contributed by atoms with van der Waals surface area (Å²) in [5.74, 6) is -0.116. The molecule has 0 aliphatic carbocycles. The number of amides is 2. The van der Waals surface area contributed by atoms with E-state index in [1.54, 1.807) is 29.2 Å². The summed E-state index contributed by atoms with van der Waals surface area (Å²) in [6.07, 6.45) is 3.07. The van der Waals surface area contributed by atoms with Crippen LogP contribution in [-0.4, -0.2) is 35.1 Å². The van der Waals surface area contributed by atoms with Gasteiger partial charge in [0.05, 0.1) is 0 Å². The smallest absolute Gasteiger partial charge is 0.255 e. The Balaban J connectivity index is 1.85. The predicted molar refractivity (Wildman–Crippen MR) is 115 cm³/mol. The number of halogens is 1. The minimum absolute atomic E-state index is 0.126. The van der Waals surface area contributed by atoms with Gasteiger partial charge in [-0.25, -0.2) is 4.39 Å². The van der Waals surface area contributed by atoms with Crippen LogP contribution < -0.4 is 5.32 Å². The quantitative estimate of drug-likeness (QED) is 0.669. The fourth-order valence-corrected chi connectivity index (χ4v) is 4.82. The summed E-state index contributed by atoms with van der Waals surface area (Å²) in [7, 11) is 0. The molecule has 0 aromatic heterocycles. The third-order valence-corrected chi connectivity index (χ3v) is 6.39. The molecule has 6 heteroatoms. The van der Waals surface area contributed by atoms with Gasteiger partial charge >= 0.3 is 0 Å². The van der Waals surface area contributed by atoms with Crippen molar-refractivity contribution in [1.29, 1.82) is 0 Å². The molecule has 0 saturated carbocycles. The molecule has 0 radical (unpaired) electrons.